The van der Waals surface area contributed by atoms with Crippen molar-refractivity contribution in [3.8, 4) is 0 Å². The van der Waals surface area contributed by atoms with E-state index in [1.807, 2.05) is 6.92 Å². The molecule has 0 aliphatic rings. The van der Waals surface area contributed by atoms with Crippen LogP contribution in [0.1, 0.15) is 16.8 Å². The van der Waals surface area contributed by atoms with Crippen molar-refractivity contribution in [2.45, 2.75) is 37.1 Å². The second-order valence-corrected chi connectivity index (χ2v) is 10.4. The molecular weight excluding hydrogens is 474 g/mol. The number of benzene rings is 2. The molecule has 0 unspecified atom stereocenters. The van der Waals surface area contributed by atoms with Gasteiger partial charge in [0.2, 0.25) is 21.2 Å². The number of nitrogens with zero attached hydrogens (tertiary/aromatic N) is 2. The molecule has 0 saturated carbocycles. The molecule has 2 heterocycles. The lowest BCUT2D eigenvalue weighted by Gasteiger charge is -2.15. The third kappa shape index (κ3) is 4.47. The number of carbonyl (C=O) groups is 1. The maximum Gasteiger partial charge on any atom is 0.244 e. The molecule has 4 aromatic rings. The van der Waals surface area contributed by atoms with Crippen molar-refractivity contribution in [1.29, 1.82) is 0 Å². The Hall–Kier alpha value is -3.49. The molecule has 0 fully saturated rings. The van der Waals surface area contributed by atoms with Crippen LogP contribution in [-0.4, -0.2) is 23.9 Å². The number of halogens is 1. The van der Waals surface area contributed by atoms with Gasteiger partial charge in [-0.1, -0.05) is 41.4 Å². The van der Waals surface area contributed by atoms with Crippen molar-refractivity contribution in [2.75, 3.05) is 5.32 Å². The summed E-state index contributed by atoms with van der Waals surface area (Å²) < 4.78 is 28.4. The Balaban J connectivity index is 1.86. The zero-order valence-corrected chi connectivity index (χ0v) is 20.4. The van der Waals surface area contributed by atoms with Crippen molar-refractivity contribution in [1.82, 2.24) is 9.55 Å². The topological polar surface area (TPSA) is 98.1 Å². The van der Waals surface area contributed by atoms with Gasteiger partial charge in [0.05, 0.1) is 21.0 Å². The number of hydrogen-bond donors (Lipinski definition) is 1. The Kier molecular flexibility index (Phi) is 6.29. The Labute approximate surface area is 202 Å². The lowest BCUT2D eigenvalue weighted by atomic mass is 10.2. The fraction of sp³-hybridized carbons (Fsp3) is 0.160. The number of hydrogen-bond acceptors (Lipinski definition) is 5. The van der Waals surface area contributed by atoms with Crippen LogP contribution < -0.4 is 10.7 Å². The highest BCUT2D eigenvalue weighted by Crippen LogP contribution is 2.25. The summed E-state index contributed by atoms with van der Waals surface area (Å²) in [6, 6.07) is 14.9. The number of aromatic nitrogens is 2. The van der Waals surface area contributed by atoms with Crippen LogP contribution in [0.5, 0.6) is 0 Å². The van der Waals surface area contributed by atoms with Gasteiger partial charge in [0.1, 0.15) is 17.1 Å². The van der Waals surface area contributed by atoms with Crippen LogP contribution in [0.3, 0.4) is 0 Å². The fourth-order valence-electron chi connectivity index (χ4n) is 3.77. The third-order valence-corrected chi connectivity index (χ3v) is 7.64. The number of anilines is 1. The van der Waals surface area contributed by atoms with E-state index >= 15 is 0 Å². The molecule has 1 N–H and O–H groups in total. The van der Waals surface area contributed by atoms with E-state index in [9.17, 15) is 18.0 Å². The molecular formula is C25H22ClN3O4S. The maximum absolute atomic E-state index is 13.5. The van der Waals surface area contributed by atoms with Gasteiger partial charge < -0.3 is 9.88 Å². The van der Waals surface area contributed by atoms with Gasteiger partial charge in [0, 0.05) is 11.9 Å². The summed E-state index contributed by atoms with van der Waals surface area (Å²) in [6.07, 6.45) is 1.19. The number of amides is 1. The van der Waals surface area contributed by atoms with Gasteiger partial charge in [-0.15, -0.1) is 0 Å². The number of sulfone groups is 1. The number of nitrogens with one attached hydrogen (secondary N) is 1. The molecule has 4 rings (SSSR count). The number of rotatable bonds is 5. The minimum atomic E-state index is -4.16. The zero-order valence-electron chi connectivity index (χ0n) is 18.8. The summed E-state index contributed by atoms with van der Waals surface area (Å²) in [5.41, 5.74) is 2.04. The van der Waals surface area contributed by atoms with Crippen LogP contribution in [0.25, 0.3) is 11.0 Å². The van der Waals surface area contributed by atoms with Crippen molar-refractivity contribution in [2.24, 2.45) is 0 Å². The smallest absolute Gasteiger partial charge is 0.244 e. The second kappa shape index (κ2) is 9.04. The summed E-state index contributed by atoms with van der Waals surface area (Å²) in [5, 5.41) is 3.19. The molecule has 0 atom stereocenters. The number of pyridine rings is 2. The highest BCUT2D eigenvalue weighted by atomic mass is 35.5. The monoisotopic (exact) mass is 495 g/mol. The highest BCUT2D eigenvalue weighted by molar-refractivity contribution is 7.91. The van der Waals surface area contributed by atoms with Gasteiger partial charge >= 0.3 is 0 Å². The number of aryl methyl sites for hydroxylation is 3. The SMILES string of the molecule is Cc1ccc(S(=O)(=O)c2cn(CC(=O)Nc3ccccc3Cl)c3nc(C)ccc3c2=O)c(C)c1. The summed E-state index contributed by atoms with van der Waals surface area (Å²) in [5.74, 6) is -0.448. The third-order valence-electron chi connectivity index (χ3n) is 5.40. The van der Waals surface area contributed by atoms with Crippen LogP contribution >= 0.6 is 11.6 Å². The standard InChI is InChI=1S/C25H22ClN3O4S/c1-15-8-11-21(16(2)12-15)34(32,33)22-13-29(25-18(24(22)31)10-9-17(3)27-25)14-23(30)28-20-7-5-4-6-19(20)26/h4-13H,14H2,1-3H3,(H,28,30). The molecule has 0 aliphatic carbocycles. The van der Waals surface area contributed by atoms with E-state index in [1.54, 1.807) is 56.3 Å². The maximum atomic E-state index is 13.5. The molecule has 0 saturated heterocycles. The van der Waals surface area contributed by atoms with E-state index in [0.29, 0.717) is 22.0 Å². The summed E-state index contributed by atoms with van der Waals surface area (Å²) in [6.45, 7) is 5.02. The van der Waals surface area contributed by atoms with Crippen molar-refractivity contribution in [3.05, 3.63) is 92.9 Å². The van der Waals surface area contributed by atoms with E-state index < -0.39 is 26.1 Å². The summed E-state index contributed by atoms with van der Waals surface area (Å²) >= 11 is 6.13. The van der Waals surface area contributed by atoms with Crippen molar-refractivity contribution >= 4 is 44.1 Å². The first kappa shape index (κ1) is 23.7. The van der Waals surface area contributed by atoms with E-state index in [0.717, 1.165) is 5.56 Å². The minimum Gasteiger partial charge on any atom is -0.323 e. The molecule has 9 heteroatoms. The van der Waals surface area contributed by atoms with Crippen LogP contribution in [0, 0.1) is 20.8 Å². The molecule has 0 spiro atoms. The van der Waals surface area contributed by atoms with E-state index in [-0.39, 0.29) is 22.5 Å². The van der Waals surface area contributed by atoms with Crippen molar-refractivity contribution in [3.63, 3.8) is 0 Å². The van der Waals surface area contributed by atoms with E-state index in [2.05, 4.69) is 10.3 Å². The zero-order chi connectivity index (χ0) is 24.6. The van der Waals surface area contributed by atoms with Crippen LogP contribution in [0.4, 0.5) is 5.69 Å². The largest absolute Gasteiger partial charge is 0.323 e. The summed E-state index contributed by atoms with van der Waals surface area (Å²) in [7, 11) is -4.16. The number of carbonyl (C=O) groups excluding carboxylic acids is 1. The lowest BCUT2D eigenvalue weighted by Crippen LogP contribution is -2.24. The Bertz CT molecular complexity index is 1610. The van der Waals surface area contributed by atoms with Crippen LogP contribution in [-0.2, 0) is 21.2 Å². The van der Waals surface area contributed by atoms with Gasteiger partial charge in [-0.2, -0.15) is 0 Å². The fourth-order valence-corrected chi connectivity index (χ4v) is 5.54. The van der Waals surface area contributed by atoms with Gasteiger partial charge in [-0.05, 0) is 56.7 Å². The van der Waals surface area contributed by atoms with Gasteiger partial charge in [0.15, 0.2) is 0 Å². The predicted octanol–water partition coefficient (Wildman–Crippen LogP) is 4.45. The Morgan fingerprint density at radius 1 is 1.03 bits per heavy atom. The first-order valence-corrected chi connectivity index (χ1v) is 12.3. The molecule has 1 amide bonds. The molecule has 34 heavy (non-hydrogen) atoms. The average molecular weight is 496 g/mol. The molecule has 0 bridgehead atoms. The number of fused-ring (bicyclic) bond motifs is 1. The van der Waals surface area contributed by atoms with Crippen LogP contribution in [0.2, 0.25) is 5.02 Å². The Morgan fingerprint density at radius 2 is 1.76 bits per heavy atom. The minimum absolute atomic E-state index is 0.0432. The Morgan fingerprint density at radius 3 is 2.47 bits per heavy atom. The lowest BCUT2D eigenvalue weighted by molar-refractivity contribution is -0.116. The second-order valence-electron chi connectivity index (χ2n) is 8.07. The molecule has 7 nitrogen and oxygen atoms in total. The predicted molar refractivity (Wildman–Crippen MR) is 132 cm³/mol. The van der Waals surface area contributed by atoms with Gasteiger partial charge in [-0.25, -0.2) is 13.4 Å². The van der Waals surface area contributed by atoms with E-state index in [1.165, 1.54) is 22.9 Å². The number of para-hydroxylation sites is 1. The summed E-state index contributed by atoms with van der Waals surface area (Å²) in [4.78, 5) is 30.1. The molecule has 174 valence electrons. The van der Waals surface area contributed by atoms with Gasteiger partial charge in [-0.3, -0.25) is 9.59 Å². The normalized spacial score (nSPS) is 11.5. The van der Waals surface area contributed by atoms with Crippen molar-refractivity contribution < 1.29 is 13.2 Å². The molecule has 0 radical (unpaired) electrons. The first-order chi connectivity index (χ1) is 16.1. The highest BCUT2D eigenvalue weighted by Gasteiger charge is 2.26. The average Bonchev–Trinajstić information content (AvgIpc) is 2.76. The quantitative estimate of drug-likeness (QED) is 0.441. The molecule has 2 aromatic heterocycles. The van der Waals surface area contributed by atoms with Gasteiger partial charge in [0.25, 0.3) is 0 Å². The van der Waals surface area contributed by atoms with E-state index in [4.69, 9.17) is 11.6 Å². The molecule has 0 aliphatic heterocycles. The molecule has 2 aromatic carbocycles. The first-order valence-electron chi connectivity index (χ1n) is 10.5. The van der Waals surface area contributed by atoms with Crippen LogP contribution in [0.15, 0.2) is 75.4 Å².